The second-order valence-corrected chi connectivity index (χ2v) is 6.64. The van der Waals surface area contributed by atoms with Gasteiger partial charge in [-0.25, -0.2) is 0 Å². The molecule has 0 radical (unpaired) electrons. The molecule has 0 aliphatic rings. The molecule has 1 aromatic heterocycles. The fourth-order valence-corrected chi connectivity index (χ4v) is 2.86. The summed E-state index contributed by atoms with van der Waals surface area (Å²) in [4.78, 5) is 24.3. The predicted molar refractivity (Wildman–Crippen MR) is 103 cm³/mol. The van der Waals surface area contributed by atoms with E-state index in [1.807, 2.05) is 38.1 Å². The van der Waals surface area contributed by atoms with Crippen LogP contribution in [-0.4, -0.2) is 18.4 Å². The van der Waals surface area contributed by atoms with Crippen molar-refractivity contribution < 1.29 is 18.7 Å². The van der Waals surface area contributed by atoms with Gasteiger partial charge >= 0.3 is 5.91 Å². The number of amides is 2. The van der Waals surface area contributed by atoms with Gasteiger partial charge in [0.2, 0.25) is 0 Å². The van der Waals surface area contributed by atoms with Gasteiger partial charge in [-0.3, -0.25) is 20.4 Å². The number of benzene rings is 2. The number of aryl methyl sites for hydroxylation is 3. The summed E-state index contributed by atoms with van der Waals surface area (Å²) in [5.41, 5.74) is 7.68. The molecule has 7 heteroatoms. The lowest BCUT2D eigenvalue weighted by Crippen LogP contribution is -2.43. The zero-order valence-corrected chi connectivity index (χ0v) is 15.9. The lowest BCUT2D eigenvalue weighted by atomic mass is 10.1. The Morgan fingerprint density at radius 2 is 1.89 bits per heavy atom. The molecule has 0 unspecified atom stereocenters. The number of hydrogen-bond donors (Lipinski definition) is 2. The Labute approximate surface area is 161 Å². The van der Waals surface area contributed by atoms with Gasteiger partial charge in [-0.2, -0.15) is 0 Å². The first-order valence-corrected chi connectivity index (χ1v) is 8.71. The van der Waals surface area contributed by atoms with Crippen LogP contribution >= 0.6 is 11.6 Å². The fraction of sp³-hybridized carbons (Fsp3) is 0.200. The van der Waals surface area contributed by atoms with Crippen LogP contribution < -0.4 is 15.6 Å². The van der Waals surface area contributed by atoms with Crippen LogP contribution in [0.2, 0.25) is 5.02 Å². The lowest BCUT2D eigenvalue weighted by Gasteiger charge is -2.10. The van der Waals surface area contributed by atoms with E-state index in [0.29, 0.717) is 21.9 Å². The Morgan fingerprint density at radius 1 is 1.11 bits per heavy atom. The van der Waals surface area contributed by atoms with Crippen molar-refractivity contribution in [1.29, 1.82) is 0 Å². The molecule has 0 spiro atoms. The number of fused-ring (bicyclic) bond motifs is 1. The quantitative estimate of drug-likeness (QED) is 0.667. The second-order valence-electron chi connectivity index (χ2n) is 6.23. The molecule has 1 heterocycles. The number of rotatable bonds is 4. The van der Waals surface area contributed by atoms with Gasteiger partial charge in [0, 0.05) is 10.9 Å². The van der Waals surface area contributed by atoms with E-state index in [4.69, 9.17) is 20.8 Å². The standard InChI is InChI=1S/C20H19ClN2O4/c1-11-7-8-12(2)16(9-11)26-10-17(24)22-23-20(25)18-13(3)14-5-4-6-15(21)19(14)27-18/h4-9H,10H2,1-3H3,(H,22,24)(H,23,25). The van der Waals surface area contributed by atoms with Gasteiger partial charge in [-0.1, -0.05) is 35.9 Å². The SMILES string of the molecule is Cc1ccc(C)c(OCC(=O)NNC(=O)c2oc3c(Cl)cccc3c2C)c1. The van der Waals surface area contributed by atoms with E-state index in [1.165, 1.54) is 0 Å². The van der Waals surface area contributed by atoms with Crippen molar-refractivity contribution in [1.82, 2.24) is 10.9 Å². The summed E-state index contributed by atoms with van der Waals surface area (Å²) in [6, 6.07) is 11.0. The molecule has 2 N–H and O–H groups in total. The number of nitrogens with one attached hydrogen (secondary N) is 2. The van der Waals surface area contributed by atoms with Gasteiger partial charge in [-0.15, -0.1) is 0 Å². The first-order chi connectivity index (χ1) is 12.9. The Hall–Kier alpha value is -2.99. The summed E-state index contributed by atoms with van der Waals surface area (Å²) in [6.45, 7) is 5.36. The number of ether oxygens (including phenoxy) is 1. The summed E-state index contributed by atoms with van der Waals surface area (Å²) in [6.07, 6.45) is 0. The third kappa shape index (κ3) is 4.06. The fourth-order valence-electron chi connectivity index (χ4n) is 2.65. The predicted octanol–water partition coefficient (Wildman–Crippen LogP) is 3.85. The molecule has 0 aliphatic heterocycles. The molecule has 0 saturated carbocycles. The van der Waals surface area contributed by atoms with Gasteiger partial charge in [0.05, 0.1) is 5.02 Å². The molecule has 0 aliphatic carbocycles. The molecular formula is C20H19ClN2O4. The zero-order chi connectivity index (χ0) is 19.6. The number of furan rings is 1. The number of carbonyl (C=O) groups excluding carboxylic acids is 2. The third-order valence-electron chi connectivity index (χ3n) is 4.14. The average molecular weight is 387 g/mol. The topological polar surface area (TPSA) is 80.6 Å². The maximum absolute atomic E-state index is 12.3. The maximum atomic E-state index is 12.3. The van der Waals surface area contributed by atoms with Gasteiger partial charge in [0.1, 0.15) is 5.75 Å². The number of hydrazine groups is 1. The van der Waals surface area contributed by atoms with E-state index in [2.05, 4.69) is 10.9 Å². The minimum atomic E-state index is -0.570. The highest BCUT2D eigenvalue weighted by molar-refractivity contribution is 6.35. The highest BCUT2D eigenvalue weighted by Crippen LogP contribution is 2.30. The minimum absolute atomic E-state index is 0.0915. The van der Waals surface area contributed by atoms with Crippen molar-refractivity contribution in [2.24, 2.45) is 0 Å². The molecule has 140 valence electrons. The summed E-state index contributed by atoms with van der Waals surface area (Å²) in [5.74, 6) is -0.344. The number of para-hydroxylation sites is 1. The number of carbonyl (C=O) groups is 2. The van der Waals surface area contributed by atoms with Crippen molar-refractivity contribution in [2.45, 2.75) is 20.8 Å². The van der Waals surface area contributed by atoms with Crippen LogP contribution in [0, 0.1) is 20.8 Å². The number of halogens is 1. The molecule has 0 bridgehead atoms. The highest BCUT2D eigenvalue weighted by Gasteiger charge is 2.19. The van der Waals surface area contributed by atoms with Crippen LogP contribution in [0.3, 0.4) is 0 Å². The van der Waals surface area contributed by atoms with Crippen molar-refractivity contribution >= 4 is 34.4 Å². The normalized spacial score (nSPS) is 10.7. The van der Waals surface area contributed by atoms with Gasteiger partial charge in [-0.05, 0) is 44.0 Å². The minimum Gasteiger partial charge on any atom is -0.483 e. The molecule has 2 aromatic carbocycles. The van der Waals surface area contributed by atoms with E-state index < -0.39 is 11.8 Å². The van der Waals surface area contributed by atoms with Crippen molar-refractivity contribution in [3.05, 3.63) is 63.9 Å². The molecule has 0 saturated heterocycles. The van der Waals surface area contributed by atoms with Crippen molar-refractivity contribution in [3.8, 4) is 5.75 Å². The smallest absolute Gasteiger partial charge is 0.305 e. The first-order valence-electron chi connectivity index (χ1n) is 8.33. The second kappa shape index (κ2) is 7.72. The van der Waals surface area contributed by atoms with E-state index in [-0.39, 0.29) is 12.4 Å². The number of hydrogen-bond acceptors (Lipinski definition) is 4. The Balaban J connectivity index is 1.60. The maximum Gasteiger partial charge on any atom is 0.305 e. The molecule has 0 atom stereocenters. The van der Waals surface area contributed by atoms with E-state index >= 15 is 0 Å². The van der Waals surface area contributed by atoms with Gasteiger partial charge in [0.15, 0.2) is 18.0 Å². The molecule has 2 amide bonds. The largest absolute Gasteiger partial charge is 0.483 e. The van der Waals surface area contributed by atoms with Crippen LogP contribution in [0.25, 0.3) is 11.0 Å². The lowest BCUT2D eigenvalue weighted by molar-refractivity contribution is -0.123. The van der Waals surface area contributed by atoms with Crippen LogP contribution in [0.15, 0.2) is 40.8 Å². The van der Waals surface area contributed by atoms with Crippen molar-refractivity contribution in [3.63, 3.8) is 0 Å². The molecule has 6 nitrogen and oxygen atoms in total. The molecule has 0 fully saturated rings. The van der Waals surface area contributed by atoms with E-state index in [0.717, 1.165) is 16.5 Å². The molecule has 3 rings (SSSR count). The van der Waals surface area contributed by atoms with Crippen LogP contribution in [-0.2, 0) is 4.79 Å². The molecule has 27 heavy (non-hydrogen) atoms. The highest BCUT2D eigenvalue weighted by atomic mass is 35.5. The molecule has 3 aromatic rings. The summed E-state index contributed by atoms with van der Waals surface area (Å²) < 4.78 is 11.1. The van der Waals surface area contributed by atoms with E-state index in [1.54, 1.807) is 19.1 Å². The van der Waals surface area contributed by atoms with Crippen LogP contribution in [0.1, 0.15) is 27.2 Å². The Morgan fingerprint density at radius 3 is 2.63 bits per heavy atom. The van der Waals surface area contributed by atoms with Gasteiger partial charge < -0.3 is 9.15 Å². The summed E-state index contributed by atoms with van der Waals surface area (Å²) >= 11 is 6.09. The Bertz CT molecular complexity index is 1030. The van der Waals surface area contributed by atoms with Crippen LogP contribution in [0.5, 0.6) is 5.75 Å². The average Bonchev–Trinajstić information content (AvgIpc) is 2.99. The third-order valence-corrected chi connectivity index (χ3v) is 4.44. The first kappa shape index (κ1) is 18.8. The Kier molecular flexibility index (Phi) is 5.37. The summed E-state index contributed by atoms with van der Waals surface area (Å²) in [5, 5.41) is 1.16. The van der Waals surface area contributed by atoms with E-state index in [9.17, 15) is 9.59 Å². The van der Waals surface area contributed by atoms with Gasteiger partial charge in [0.25, 0.3) is 5.91 Å². The van der Waals surface area contributed by atoms with Crippen molar-refractivity contribution in [2.75, 3.05) is 6.61 Å². The zero-order valence-electron chi connectivity index (χ0n) is 15.2. The van der Waals surface area contributed by atoms with Crippen LogP contribution in [0.4, 0.5) is 0 Å². The molecular weight excluding hydrogens is 368 g/mol. The monoisotopic (exact) mass is 386 g/mol. The summed E-state index contributed by atoms with van der Waals surface area (Å²) in [7, 11) is 0.